The van der Waals surface area contributed by atoms with Crippen LogP contribution in [0.2, 0.25) is 10.0 Å². The van der Waals surface area contributed by atoms with Gasteiger partial charge in [-0.15, -0.1) is 0 Å². The van der Waals surface area contributed by atoms with Crippen LogP contribution in [0.1, 0.15) is 16.1 Å². The van der Waals surface area contributed by atoms with Crippen LogP contribution in [-0.2, 0) is 9.53 Å². The third-order valence-corrected chi connectivity index (χ3v) is 6.32. The highest BCUT2D eigenvalue weighted by Crippen LogP contribution is 2.34. The molecule has 0 unspecified atom stereocenters. The zero-order valence-electron chi connectivity index (χ0n) is 17.7. The van der Waals surface area contributed by atoms with Crippen LogP contribution in [0.4, 0.5) is 4.79 Å². The standard InChI is InChI=1S/C24H17Cl2NO6S/c1-31-23(29)18-12-14(2-8-19(18)26)20-9-7-17(33-20)13-21-22(28)27(24(30)34-21)10-11-32-16-5-3-15(25)4-6-16/h2-9,12-13H,10-11H2,1H3/b21-13-. The second kappa shape index (κ2) is 10.4. The van der Waals surface area contributed by atoms with E-state index in [4.69, 9.17) is 37.1 Å². The number of benzene rings is 2. The van der Waals surface area contributed by atoms with E-state index in [2.05, 4.69) is 0 Å². The lowest BCUT2D eigenvalue weighted by atomic mass is 10.1. The summed E-state index contributed by atoms with van der Waals surface area (Å²) in [5, 5.41) is 0.462. The molecule has 1 aliphatic heterocycles. The molecule has 174 valence electrons. The van der Waals surface area contributed by atoms with Gasteiger partial charge in [-0.05, 0) is 66.4 Å². The Kier molecular flexibility index (Phi) is 7.31. The van der Waals surface area contributed by atoms with Gasteiger partial charge in [0.25, 0.3) is 11.1 Å². The first-order valence-corrected chi connectivity index (χ1v) is 11.5. The number of amides is 2. The molecule has 0 spiro atoms. The molecule has 0 atom stereocenters. The average molecular weight is 518 g/mol. The second-order valence-electron chi connectivity index (χ2n) is 7.02. The van der Waals surface area contributed by atoms with Gasteiger partial charge in [0, 0.05) is 16.7 Å². The molecule has 3 aromatic rings. The highest BCUT2D eigenvalue weighted by Gasteiger charge is 2.35. The van der Waals surface area contributed by atoms with Crippen molar-refractivity contribution in [1.29, 1.82) is 0 Å². The van der Waals surface area contributed by atoms with Crippen LogP contribution in [0.15, 0.2) is 63.9 Å². The Morgan fingerprint density at radius 2 is 1.85 bits per heavy atom. The van der Waals surface area contributed by atoms with Crippen molar-refractivity contribution in [2.75, 3.05) is 20.3 Å². The van der Waals surface area contributed by atoms with E-state index in [-0.39, 0.29) is 33.9 Å². The predicted octanol–water partition coefficient (Wildman–Crippen LogP) is 6.16. The Hall–Kier alpha value is -3.20. The molecule has 2 amide bonds. The topological polar surface area (TPSA) is 86.0 Å². The van der Waals surface area contributed by atoms with Gasteiger partial charge in [-0.25, -0.2) is 4.79 Å². The summed E-state index contributed by atoms with van der Waals surface area (Å²) < 4.78 is 16.1. The fourth-order valence-corrected chi connectivity index (χ4v) is 4.30. The normalized spacial score (nSPS) is 14.7. The lowest BCUT2D eigenvalue weighted by Crippen LogP contribution is -2.32. The largest absolute Gasteiger partial charge is 0.492 e. The summed E-state index contributed by atoms with van der Waals surface area (Å²) in [7, 11) is 1.27. The quantitative estimate of drug-likeness (QED) is 0.274. The fourth-order valence-electron chi connectivity index (χ4n) is 3.14. The Morgan fingerprint density at radius 3 is 2.59 bits per heavy atom. The van der Waals surface area contributed by atoms with Crippen LogP contribution in [0, 0.1) is 0 Å². The van der Waals surface area contributed by atoms with Crippen LogP contribution >= 0.6 is 35.0 Å². The van der Waals surface area contributed by atoms with Gasteiger partial charge >= 0.3 is 5.97 Å². The molecule has 2 heterocycles. The van der Waals surface area contributed by atoms with Gasteiger partial charge in [-0.3, -0.25) is 14.5 Å². The molecule has 4 rings (SSSR count). The number of nitrogens with zero attached hydrogens (tertiary/aromatic N) is 1. The molecule has 0 N–H and O–H groups in total. The Bertz CT molecular complexity index is 1280. The first-order valence-electron chi connectivity index (χ1n) is 9.97. The Labute approximate surface area is 209 Å². The number of rotatable bonds is 7. The van der Waals surface area contributed by atoms with E-state index < -0.39 is 11.9 Å². The summed E-state index contributed by atoms with van der Waals surface area (Å²) in [5.41, 5.74) is 0.818. The third kappa shape index (κ3) is 5.30. The molecule has 1 saturated heterocycles. The van der Waals surface area contributed by atoms with E-state index in [1.807, 2.05) is 0 Å². The Morgan fingerprint density at radius 1 is 1.09 bits per heavy atom. The summed E-state index contributed by atoms with van der Waals surface area (Å²) in [6.07, 6.45) is 1.51. The predicted molar refractivity (Wildman–Crippen MR) is 130 cm³/mol. The van der Waals surface area contributed by atoms with Crippen molar-refractivity contribution >= 4 is 58.2 Å². The molecule has 0 aliphatic carbocycles. The minimum absolute atomic E-state index is 0.106. The van der Waals surface area contributed by atoms with E-state index in [1.165, 1.54) is 13.2 Å². The number of thioether (sulfide) groups is 1. The van der Waals surface area contributed by atoms with Crippen molar-refractivity contribution in [3.63, 3.8) is 0 Å². The van der Waals surface area contributed by atoms with Crippen LogP contribution in [0.5, 0.6) is 5.75 Å². The molecule has 0 radical (unpaired) electrons. The summed E-state index contributed by atoms with van der Waals surface area (Å²) in [6, 6.07) is 15.0. The average Bonchev–Trinajstić information content (AvgIpc) is 3.40. The number of halogens is 2. The highest BCUT2D eigenvalue weighted by molar-refractivity contribution is 8.18. The van der Waals surface area contributed by atoms with Gasteiger partial charge < -0.3 is 13.9 Å². The van der Waals surface area contributed by atoms with Gasteiger partial charge in [0.1, 0.15) is 23.9 Å². The van der Waals surface area contributed by atoms with Gasteiger partial charge in [-0.1, -0.05) is 23.2 Å². The SMILES string of the molecule is COC(=O)c1cc(-c2ccc(/C=C3\SC(=O)N(CCOc4ccc(Cl)cc4)C3=O)o2)ccc1Cl. The zero-order chi connectivity index (χ0) is 24.2. The molecule has 0 bridgehead atoms. The van der Waals surface area contributed by atoms with Crippen molar-refractivity contribution in [2.24, 2.45) is 0 Å². The third-order valence-electron chi connectivity index (χ3n) is 4.83. The van der Waals surface area contributed by atoms with Crippen molar-refractivity contribution in [2.45, 2.75) is 0 Å². The number of carbonyl (C=O) groups is 3. The van der Waals surface area contributed by atoms with Gasteiger partial charge in [0.15, 0.2) is 0 Å². The van der Waals surface area contributed by atoms with E-state index in [1.54, 1.807) is 54.6 Å². The van der Waals surface area contributed by atoms with Crippen molar-refractivity contribution in [3.05, 3.63) is 80.9 Å². The molecule has 0 saturated carbocycles. The van der Waals surface area contributed by atoms with Crippen LogP contribution in [0.25, 0.3) is 17.4 Å². The van der Waals surface area contributed by atoms with Crippen LogP contribution in [-0.4, -0.2) is 42.3 Å². The molecular weight excluding hydrogens is 501 g/mol. The van der Waals surface area contributed by atoms with Crippen LogP contribution in [0.3, 0.4) is 0 Å². The fraction of sp³-hybridized carbons (Fsp3) is 0.125. The molecule has 34 heavy (non-hydrogen) atoms. The molecular formula is C24H17Cl2NO6S. The smallest absolute Gasteiger partial charge is 0.339 e. The van der Waals surface area contributed by atoms with Crippen molar-refractivity contribution in [1.82, 2.24) is 4.90 Å². The molecule has 7 nitrogen and oxygen atoms in total. The molecule has 1 aliphatic rings. The molecule has 2 aromatic carbocycles. The lowest BCUT2D eigenvalue weighted by molar-refractivity contribution is -0.123. The maximum atomic E-state index is 12.7. The summed E-state index contributed by atoms with van der Waals surface area (Å²) in [5.74, 6) is 0.447. The number of carbonyl (C=O) groups excluding carboxylic acids is 3. The van der Waals surface area contributed by atoms with E-state index in [0.717, 1.165) is 16.7 Å². The molecule has 1 fully saturated rings. The van der Waals surface area contributed by atoms with Gasteiger partial charge in [-0.2, -0.15) is 0 Å². The number of esters is 1. The summed E-state index contributed by atoms with van der Waals surface area (Å²) in [6.45, 7) is 0.256. The highest BCUT2D eigenvalue weighted by atomic mass is 35.5. The number of imide groups is 1. The zero-order valence-corrected chi connectivity index (χ0v) is 20.1. The number of methoxy groups -OCH3 is 1. The number of hydrogen-bond acceptors (Lipinski definition) is 7. The lowest BCUT2D eigenvalue weighted by Gasteiger charge is -2.13. The van der Waals surface area contributed by atoms with Crippen LogP contribution < -0.4 is 4.74 Å². The van der Waals surface area contributed by atoms with E-state index >= 15 is 0 Å². The van der Waals surface area contributed by atoms with E-state index in [0.29, 0.717) is 27.9 Å². The van der Waals surface area contributed by atoms with Gasteiger partial charge in [0.05, 0.1) is 29.1 Å². The molecule has 1 aromatic heterocycles. The minimum Gasteiger partial charge on any atom is -0.492 e. The molecule has 10 heteroatoms. The maximum Gasteiger partial charge on any atom is 0.339 e. The first-order chi connectivity index (χ1) is 16.4. The summed E-state index contributed by atoms with van der Waals surface area (Å²) in [4.78, 5) is 38.3. The Balaban J connectivity index is 1.44. The maximum absolute atomic E-state index is 12.7. The van der Waals surface area contributed by atoms with E-state index in [9.17, 15) is 14.4 Å². The number of furan rings is 1. The van der Waals surface area contributed by atoms with Gasteiger partial charge in [0.2, 0.25) is 0 Å². The summed E-state index contributed by atoms with van der Waals surface area (Å²) >= 11 is 12.7. The monoisotopic (exact) mass is 517 g/mol. The first kappa shape index (κ1) is 23.9. The van der Waals surface area contributed by atoms with Crippen molar-refractivity contribution < 1.29 is 28.3 Å². The number of hydrogen-bond donors (Lipinski definition) is 0. The second-order valence-corrected chi connectivity index (χ2v) is 8.86. The number of ether oxygens (including phenoxy) is 2. The minimum atomic E-state index is -0.563. The van der Waals surface area contributed by atoms with Crippen molar-refractivity contribution in [3.8, 4) is 17.1 Å².